The van der Waals surface area contributed by atoms with Crippen LogP contribution in [-0.4, -0.2) is 37.3 Å². The second kappa shape index (κ2) is 7.47. The minimum atomic E-state index is -0.678. The average molecular weight is 228 g/mol. The van der Waals surface area contributed by atoms with Gasteiger partial charge in [-0.1, -0.05) is 13.2 Å². The molecule has 0 rings (SSSR count). The SMILES string of the molecule is C=CC(=O)NCC(=C)OC(=O)N(CC)OC. The molecule has 6 heteroatoms. The van der Waals surface area contributed by atoms with Gasteiger partial charge in [0.15, 0.2) is 0 Å². The van der Waals surface area contributed by atoms with Gasteiger partial charge in [0.2, 0.25) is 5.91 Å². The second-order valence-electron chi connectivity index (χ2n) is 2.71. The Morgan fingerprint density at radius 3 is 2.56 bits per heavy atom. The summed E-state index contributed by atoms with van der Waals surface area (Å²) in [5, 5.41) is 3.43. The third-order valence-electron chi connectivity index (χ3n) is 1.59. The van der Waals surface area contributed by atoms with Crippen molar-refractivity contribution in [3.8, 4) is 0 Å². The maximum Gasteiger partial charge on any atom is 0.439 e. The highest BCUT2D eigenvalue weighted by molar-refractivity contribution is 5.87. The van der Waals surface area contributed by atoms with Crippen LogP contribution in [0.2, 0.25) is 0 Å². The Balaban J connectivity index is 4.00. The van der Waals surface area contributed by atoms with Gasteiger partial charge in [-0.2, -0.15) is 5.06 Å². The van der Waals surface area contributed by atoms with Crippen LogP contribution in [0.1, 0.15) is 6.92 Å². The molecule has 1 N–H and O–H groups in total. The molecule has 0 aromatic heterocycles. The van der Waals surface area contributed by atoms with Crippen LogP contribution in [0.5, 0.6) is 0 Å². The number of hydroxylamine groups is 2. The van der Waals surface area contributed by atoms with Crippen molar-refractivity contribution >= 4 is 12.0 Å². The van der Waals surface area contributed by atoms with Gasteiger partial charge in [0.1, 0.15) is 5.76 Å². The van der Waals surface area contributed by atoms with Crippen molar-refractivity contribution in [3.05, 3.63) is 25.0 Å². The topological polar surface area (TPSA) is 67.9 Å². The van der Waals surface area contributed by atoms with E-state index in [1.807, 2.05) is 0 Å². The fraction of sp³-hybridized carbons (Fsp3) is 0.400. The molecule has 0 spiro atoms. The zero-order valence-electron chi connectivity index (χ0n) is 9.49. The van der Waals surface area contributed by atoms with Crippen LogP contribution in [-0.2, 0) is 14.4 Å². The van der Waals surface area contributed by atoms with Gasteiger partial charge in [0.25, 0.3) is 0 Å². The predicted octanol–water partition coefficient (Wildman–Crippen LogP) is 0.822. The molecular weight excluding hydrogens is 212 g/mol. The lowest BCUT2D eigenvalue weighted by molar-refractivity contribution is -0.116. The molecule has 0 atom stereocenters. The van der Waals surface area contributed by atoms with Crippen molar-refractivity contribution in [2.45, 2.75) is 6.92 Å². The number of hydrogen-bond donors (Lipinski definition) is 1. The molecule has 0 aliphatic rings. The van der Waals surface area contributed by atoms with E-state index < -0.39 is 6.09 Å². The molecule has 0 bridgehead atoms. The van der Waals surface area contributed by atoms with Crippen LogP contribution in [0.3, 0.4) is 0 Å². The van der Waals surface area contributed by atoms with E-state index in [0.29, 0.717) is 6.54 Å². The van der Waals surface area contributed by atoms with Crippen molar-refractivity contribution in [3.63, 3.8) is 0 Å². The molecule has 0 aliphatic heterocycles. The molecule has 90 valence electrons. The Kier molecular flexibility index (Phi) is 6.62. The van der Waals surface area contributed by atoms with E-state index in [9.17, 15) is 9.59 Å². The zero-order valence-corrected chi connectivity index (χ0v) is 9.49. The summed E-state index contributed by atoms with van der Waals surface area (Å²) in [4.78, 5) is 26.8. The van der Waals surface area contributed by atoms with Crippen molar-refractivity contribution < 1.29 is 19.2 Å². The van der Waals surface area contributed by atoms with E-state index in [1.54, 1.807) is 6.92 Å². The molecule has 0 heterocycles. The first-order valence-electron chi connectivity index (χ1n) is 4.66. The van der Waals surface area contributed by atoms with Crippen molar-refractivity contribution in [1.29, 1.82) is 0 Å². The van der Waals surface area contributed by atoms with Crippen LogP contribution in [0.4, 0.5) is 4.79 Å². The third-order valence-corrected chi connectivity index (χ3v) is 1.59. The van der Waals surface area contributed by atoms with E-state index in [1.165, 1.54) is 7.11 Å². The molecule has 0 aromatic carbocycles. The summed E-state index contributed by atoms with van der Waals surface area (Å²) in [5.41, 5.74) is 0. The monoisotopic (exact) mass is 228 g/mol. The summed E-state index contributed by atoms with van der Waals surface area (Å²) < 4.78 is 4.81. The highest BCUT2D eigenvalue weighted by Crippen LogP contribution is 1.99. The molecule has 0 aliphatic carbocycles. The first-order valence-corrected chi connectivity index (χ1v) is 4.66. The van der Waals surface area contributed by atoms with Gasteiger partial charge in [-0.15, -0.1) is 0 Å². The van der Waals surface area contributed by atoms with Gasteiger partial charge in [-0.05, 0) is 13.0 Å². The minimum absolute atomic E-state index is 0.0395. The number of carbonyl (C=O) groups excluding carboxylic acids is 2. The Bertz CT molecular complexity index is 285. The quantitative estimate of drug-likeness (QED) is 0.415. The van der Waals surface area contributed by atoms with E-state index in [0.717, 1.165) is 11.1 Å². The molecule has 2 amide bonds. The van der Waals surface area contributed by atoms with Crippen molar-refractivity contribution in [2.75, 3.05) is 20.2 Å². The normalized spacial score (nSPS) is 9.12. The van der Waals surface area contributed by atoms with Crippen LogP contribution in [0, 0.1) is 0 Å². The van der Waals surface area contributed by atoms with Crippen LogP contribution in [0.15, 0.2) is 25.0 Å². The lowest BCUT2D eigenvalue weighted by Gasteiger charge is -2.17. The third kappa shape index (κ3) is 5.16. The standard InChI is InChI=1S/C10H16N2O4/c1-5-9(13)11-7-8(3)16-10(14)12(6-2)15-4/h5H,1,3,6-7H2,2,4H3,(H,11,13). The smallest absolute Gasteiger partial charge is 0.412 e. The summed E-state index contributed by atoms with van der Waals surface area (Å²) in [5.74, 6) is -0.244. The Morgan fingerprint density at radius 1 is 1.50 bits per heavy atom. The molecule has 0 saturated carbocycles. The molecule has 0 fully saturated rings. The molecule has 0 aromatic rings. The Hall–Kier alpha value is -1.82. The van der Waals surface area contributed by atoms with E-state index in [4.69, 9.17) is 9.57 Å². The number of ether oxygens (including phenoxy) is 1. The van der Waals surface area contributed by atoms with Gasteiger partial charge in [-0.25, -0.2) is 4.79 Å². The first-order chi connectivity index (χ1) is 7.54. The Morgan fingerprint density at radius 2 is 2.12 bits per heavy atom. The molecule has 0 unspecified atom stereocenters. The first kappa shape index (κ1) is 14.2. The molecule has 0 radical (unpaired) electrons. The molecule has 6 nitrogen and oxygen atoms in total. The van der Waals surface area contributed by atoms with Crippen molar-refractivity contribution in [1.82, 2.24) is 10.4 Å². The number of amides is 2. The lowest BCUT2D eigenvalue weighted by Crippen LogP contribution is -2.32. The number of carbonyl (C=O) groups is 2. The summed E-state index contributed by atoms with van der Waals surface area (Å²) in [6, 6.07) is 0. The van der Waals surface area contributed by atoms with E-state index >= 15 is 0 Å². The average Bonchev–Trinajstić information content (AvgIpc) is 2.27. The number of hydrogen-bond acceptors (Lipinski definition) is 4. The van der Waals surface area contributed by atoms with Crippen molar-refractivity contribution in [2.24, 2.45) is 0 Å². The maximum absolute atomic E-state index is 11.3. The van der Waals surface area contributed by atoms with Crippen LogP contribution >= 0.6 is 0 Å². The van der Waals surface area contributed by atoms with Crippen LogP contribution in [0.25, 0.3) is 0 Å². The summed E-state index contributed by atoms with van der Waals surface area (Å²) in [6.07, 6.45) is 0.436. The highest BCUT2D eigenvalue weighted by Gasteiger charge is 2.13. The van der Waals surface area contributed by atoms with Gasteiger partial charge in [0.05, 0.1) is 13.7 Å². The summed E-state index contributed by atoms with van der Waals surface area (Å²) in [7, 11) is 1.35. The van der Waals surface area contributed by atoms with Gasteiger partial charge >= 0.3 is 6.09 Å². The van der Waals surface area contributed by atoms with Gasteiger partial charge in [0, 0.05) is 6.54 Å². The lowest BCUT2D eigenvalue weighted by atomic mass is 10.5. The van der Waals surface area contributed by atoms with Crippen LogP contribution < -0.4 is 5.32 Å². The van der Waals surface area contributed by atoms with Gasteiger partial charge in [-0.3, -0.25) is 9.63 Å². The predicted molar refractivity (Wildman–Crippen MR) is 58.2 cm³/mol. The maximum atomic E-state index is 11.3. The van der Waals surface area contributed by atoms with E-state index in [-0.39, 0.29) is 18.2 Å². The molecule has 16 heavy (non-hydrogen) atoms. The minimum Gasteiger partial charge on any atom is -0.412 e. The zero-order chi connectivity index (χ0) is 12.6. The fourth-order valence-electron chi connectivity index (χ4n) is 0.801. The highest BCUT2D eigenvalue weighted by atomic mass is 16.7. The Labute approximate surface area is 94.5 Å². The number of rotatable bonds is 6. The number of nitrogens with zero attached hydrogens (tertiary/aromatic N) is 1. The van der Waals surface area contributed by atoms with E-state index in [2.05, 4.69) is 18.5 Å². The fourth-order valence-corrected chi connectivity index (χ4v) is 0.801. The van der Waals surface area contributed by atoms with Gasteiger partial charge < -0.3 is 10.1 Å². The number of nitrogens with one attached hydrogen (secondary N) is 1. The summed E-state index contributed by atoms with van der Waals surface area (Å²) in [6.45, 7) is 8.87. The summed E-state index contributed by atoms with van der Waals surface area (Å²) >= 11 is 0. The largest absolute Gasteiger partial charge is 0.439 e. The molecular formula is C10H16N2O4. The molecule has 0 saturated heterocycles. The second-order valence-corrected chi connectivity index (χ2v) is 2.71.